The minimum Gasteiger partial charge on any atom is -0.273 e. The zero-order valence-electron chi connectivity index (χ0n) is 16.7. The van der Waals surface area contributed by atoms with Gasteiger partial charge in [0, 0.05) is 37.9 Å². The van der Waals surface area contributed by atoms with Crippen LogP contribution in [0, 0.1) is 0 Å². The molecule has 0 amide bonds. The molecule has 4 rings (SSSR count). The quantitative estimate of drug-likeness (QED) is 0.353. The Hall–Kier alpha value is -2.86. The third-order valence-electron chi connectivity index (χ3n) is 5.08. The molecule has 0 spiro atoms. The Morgan fingerprint density at radius 3 is 1.35 bits per heavy atom. The maximum Gasteiger partial charge on any atom is 0.137 e. The predicted molar refractivity (Wildman–Crippen MR) is 122 cm³/mol. The normalized spacial score (nSPS) is 11.7. The molecule has 0 aliphatic rings. The van der Waals surface area contributed by atoms with Crippen molar-refractivity contribution in [3.05, 3.63) is 120 Å². The van der Waals surface area contributed by atoms with E-state index in [9.17, 15) is 0 Å². The van der Waals surface area contributed by atoms with Gasteiger partial charge < -0.3 is 0 Å². The summed E-state index contributed by atoms with van der Waals surface area (Å²) < 4.78 is 0. The number of nitrogens with zero attached hydrogens (tertiary/aromatic N) is 5. The van der Waals surface area contributed by atoms with Crippen LogP contribution in [0.25, 0.3) is 0 Å². The molecule has 156 valence electrons. The van der Waals surface area contributed by atoms with Gasteiger partial charge in [0.05, 0.1) is 22.8 Å². The van der Waals surface area contributed by atoms with Crippen LogP contribution in [0.4, 0.5) is 0 Å². The molecule has 0 unspecified atom stereocenters. The highest BCUT2D eigenvalue weighted by atomic mass is 35.5. The molecule has 5 nitrogen and oxygen atoms in total. The van der Waals surface area contributed by atoms with Gasteiger partial charge in [-0.05, 0) is 48.5 Å². The highest BCUT2D eigenvalue weighted by Gasteiger charge is 2.48. The van der Waals surface area contributed by atoms with Gasteiger partial charge in [0.25, 0.3) is 0 Å². The molecule has 0 aromatic carbocycles. The number of halogens is 2. The van der Waals surface area contributed by atoms with Gasteiger partial charge in [-0.15, -0.1) is 23.2 Å². The molecule has 0 aliphatic carbocycles. The predicted octanol–water partition coefficient (Wildman–Crippen LogP) is 5.02. The van der Waals surface area contributed by atoms with Crippen molar-refractivity contribution in [2.45, 2.75) is 23.5 Å². The van der Waals surface area contributed by atoms with Crippen LogP contribution in [0.3, 0.4) is 0 Å². The molecule has 0 N–H and O–H groups in total. The number of aromatic nitrogens is 4. The summed E-state index contributed by atoms with van der Waals surface area (Å²) in [6.07, 6.45) is 7.03. The molecular formula is C24H21Cl2N5. The summed E-state index contributed by atoms with van der Waals surface area (Å²) in [5.41, 5.74) is 2.14. The first-order valence-electron chi connectivity index (χ1n) is 9.87. The molecule has 31 heavy (non-hydrogen) atoms. The molecule has 7 heteroatoms. The van der Waals surface area contributed by atoms with Crippen LogP contribution in [0.2, 0.25) is 0 Å². The summed E-state index contributed by atoms with van der Waals surface area (Å²) >= 11 is 13.6. The maximum absolute atomic E-state index is 6.80. The lowest BCUT2D eigenvalue weighted by atomic mass is 9.88. The topological polar surface area (TPSA) is 54.8 Å². The van der Waals surface area contributed by atoms with Crippen LogP contribution in [0.5, 0.6) is 0 Å². The van der Waals surface area contributed by atoms with E-state index in [-0.39, 0.29) is 0 Å². The fourth-order valence-electron chi connectivity index (χ4n) is 3.67. The molecule has 4 aromatic heterocycles. The van der Waals surface area contributed by atoms with E-state index in [1.54, 1.807) is 24.8 Å². The zero-order valence-corrected chi connectivity index (χ0v) is 18.2. The lowest BCUT2D eigenvalue weighted by Crippen LogP contribution is -2.52. The number of hydrogen-bond acceptors (Lipinski definition) is 5. The highest BCUT2D eigenvalue weighted by molar-refractivity contribution is 6.45. The van der Waals surface area contributed by atoms with E-state index < -0.39 is 10.4 Å². The van der Waals surface area contributed by atoms with Gasteiger partial charge in [0.15, 0.2) is 0 Å². The van der Waals surface area contributed by atoms with E-state index in [2.05, 4.69) is 24.8 Å². The van der Waals surface area contributed by atoms with Crippen LogP contribution in [0.15, 0.2) is 97.6 Å². The first kappa shape index (κ1) is 21.4. The van der Waals surface area contributed by atoms with Crippen LogP contribution in [0.1, 0.15) is 22.8 Å². The summed E-state index contributed by atoms with van der Waals surface area (Å²) in [5.74, 6) is 0. The summed E-state index contributed by atoms with van der Waals surface area (Å²) in [6, 6.07) is 23.1. The van der Waals surface area contributed by atoms with Crippen molar-refractivity contribution in [1.29, 1.82) is 0 Å². The van der Waals surface area contributed by atoms with Gasteiger partial charge in [-0.3, -0.25) is 24.8 Å². The smallest absolute Gasteiger partial charge is 0.137 e. The van der Waals surface area contributed by atoms with Crippen LogP contribution in [-0.4, -0.2) is 29.7 Å². The third kappa shape index (κ3) is 4.59. The number of hydrogen-bond donors (Lipinski definition) is 0. The van der Waals surface area contributed by atoms with E-state index in [1.807, 2.05) is 72.8 Å². The lowest BCUT2D eigenvalue weighted by molar-refractivity contribution is 0.103. The minimum atomic E-state index is -1.03. The van der Waals surface area contributed by atoms with Crippen molar-refractivity contribution in [2.75, 3.05) is 0 Å². The number of pyridine rings is 4. The van der Waals surface area contributed by atoms with Gasteiger partial charge in [0.1, 0.15) is 10.4 Å². The van der Waals surface area contributed by atoms with Gasteiger partial charge in [-0.2, -0.15) is 0 Å². The zero-order chi connectivity index (χ0) is 21.5. The first-order valence-corrected chi connectivity index (χ1v) is 10.7. The Kier molecular flexibility index (Phi) is 6.87. The van der Waals surface area contributed by atoms with E-state index >= 15 is 0 Å². The van der Waals surface area contributed by atoms with Crippen molar-refractivity contribution in [1.82, 2.24) is 24.8 Å². The largest absolute Gasteiger partial charge is 0.273 e. The maximum atomic E-state index is 6.80. The van der Waals surface area contributed by atoms with Gasteiger partial charge in [-0.1, -0.05) is 24.3 Å². The fourth-order valence-corrected chi connectivity index (χ4v) is 4.40. The van der Waals surface area contributed by atoms with Crippen molar-refractivity contribution < 1.29 is 0 Å². The van der Waals surface area contributed by atoms with Crippen molar-refractivity contribution >= 4 is 23.2 Å². The van der Waals surface area contributed by atoms with Crippen molar-refractivity contribution in [3.8, 4) is 0 Å². The second kappa shape index (κ2) is 9.96. The van der Waals surface area contributed by atoms with Gasteiger partial charge in [0.2, 0.25) is 0 Å². The Balaban J connectivity index is 1.92. The Bertz CT molecular complexity index is 983. The summed E-state index contributed by atoms with van der Waals surface area (Å²) in [5, 5.41) is 0. The lowest BCUT2D eigenvalue weighted by Gasteiger charge is -2.44. The monoisotopic (exact) mass is 449 g/mol. The number of rotatable bonds is 8. The fraction of sp³-hybridized carbons (Fsp3) is 0.167. The first-order chi connectivity index (χ1) is 15.2. The molecule has 0 saturated heterocycles. The summed E-state index contributed by atoms with van der Waals surface area (Å²) in [6.45, 7) is 0.945. The van der Waals surface area contributed by atoms with E-state index in [0.29, 0.717) is 24.5 Å². The summed E-state index contributed by atoms with van der Waals surface area (Å²) in [4.78, 5) is 19.7. The van der Waals surface area contributed by atoms with Crippen molar-refractivity contribution in [2.24, 2.45) is 0 Å². The average Bonchev–Trinajstić information content (AvgIpc) is 2.82. The molecule has 4 heterocycles. The minimum absolute atomic E-state index is 0.473. The Labute approximate surface area is 191 Å². The molecule has 0 saturated carbocycles. The highest BCUT2D eigenvalue weighted by Crippen LogP contribution is 2.43. The SMILES string of the molecule is ClC(Cl)C(c1ccccn1)(c1ccccn1)N(Cc1ccccn1)Cc1ccccn1. The standard InChI is InChI=1S/C24H21Cl2N5/c25-23(26)24(21-11-3-7-15-29-21,22-12-4-8-16-30-22)31(17-19-9-1-5-13-27-19)18-20-10-2-6-14-28-20/h1-16,23H,17-18H2. The third-order valence-corrected chi connectivity index (χ3v) is 5.72. The molecule has 0 radical (unpaired) electrons. The average molecular weight is 450 g/mol. The van der Waals surface area contributed by atoms with Crippen molar-refractivity contribution in [3.63, 3.8) is 0 Å². The molecule has 4 aromatic rings. The van der Waals surface area contributed by atoms with Crippen LogP contribution < -0.4 is 0 Å². The second-order valence-corrected chi connectivity index (χ2v) is 8.09. The van der Waals surface area contributed by atoms with Gasteiger partial charge in [-0.25, -0.2) is 0 Å². The van der Waals surface area contributed by atoms with E-state index in [4.69, 9.17) is 23.2 Å². The van der Waals surface area contributed by atoms with Crippen LogP contribution in [-0.2, 0) is 18.6 Å². The molecule has 0 aliphatic heterocycles. The van der Waals surface area contributed by atoms with E-state index in [1.165, 1.54) is 0 Å². The molecule has 0 bridgehead atoms. The van der Waals surface area contributed by atoms with Crippen LogP contribution >= 0.6 is 23.2 Å². The second-order valence-electron chi connectivity index (χ2n) is 7.00. The Morgan fingerprint density at radius 1 is 0.613 bits per heavy atom. The molecule has 0 atom stereocenters. The summed E-state index contributed by atoms with van der Waals surface area (Å²) in [7, 11) is 0. The Morgan fingerprint density at radius 2 is 1.03 bits per heavy atom. The van der Waals surface area contributed by atoms with E-state index in [0.717, 1.165) is 11.4 Å². The molecular weight excluding hydrogens is 429 g/mol. The number of alkyl halides is 2. The molecule has 0 fully saturated rings. The van der Waals surface area contributed by atoms with Gasteiger partial charge >= 0.3 is 0 Å².